The number of nitrogens with zero attached hydrogens (tertiary/aromatic N) is 1. The number of ketones is 1. The zero-order valence-corrected chi connectivity index (χ0v) is 9.32. The lowest BCUT2D eigenvalue weighted by Crippen LogP contribution is -1.94. The number of Topliss-reactive ketones (excluding diaryl/α,β-unsaturated/α-hetero) is 1. The van der Waals surface area contributed by atoms with Crippen molar-refractivity contribution in [2.45, 2.75) is 6.92 Å². The van der Waals surface area contributed by atoms with E-state index in [0.29, 0.717) is 16.7 Å². The normalized spacial score (nSPS) is 18.5. The minimum absolute atomic E-state index is 0.0684. The summed E-state index contributed by atoms with van der Waals surface area (Å²) < 4.78 is 0. The summed E-state index contributed by atoms with van der Waals surface area (Å²) in [7, 11) is 0. The first kappa shape index (κ1) is 10.9. The quantitative estimate of drug-likeness (QED) is 0.382. The Labute approximate surface area is 99.9 Å². The summed E-state index contributed by atoms with van der Waals surface area (Å²) in [5.74, 6) is 2.28. The number of benzene rings is 1. The minimum atomic E-state index is -0.0684. The van der Waals surface area contributed by atoms with Crippen LogP contribution in [0.2, 0.25) is 0 Å². The molecule has 0 amide bonds. The highest BCUT2D eigenvalue weighted by Crippen LogP contribution is 2.38. The van der Waals surface area contributed by atoms with Gasteiger partial charge in [-0.3, -0.25) is 4.79 Å². The first-order chi connectivity index (χ1) is 8.24. The van der Waals surface area contributed by atoms with Gasteiger partial charge in [-0.25, -0.2) is 0 Å². The Balaban J connectivity index is 2.87. The van der Waals surface area contributed by atoms with Gasteiger partial charge >= 0.3 is 0 Å². The molecular formula is C15H9NO. The van der Waals surface area contributed by atoms with Crippen LogP contribution < -0.4 is 0 Å². The number of hydrogen-bond acceptors (Lipinski definition) is 2. The van der Waals surface area contributed by atoms with Gasteiger partial charge in [0.25, 0.3) is 0 Å². The zero-order chi connectivity index (χ0) is 12.4. The van der Waals surface area contributed by atoms with Crippen molar-refractivity contribution in [1.29, 1.82) is 5.26 Å². The van der Waals surface area contributed by atoms with E-state index in [1.54, 1.807) is 25.1 Å². The molecule has 0 N–H and O–H groups in total. The molecule has 0 saturated carbocycles. The summed E-state index contributed by atoms with van der Waals surface area (Å²) in [5, 5.41) is 9.02. The second-order valence-corrected chi connectivity index (χ2v) is 3.58. The fraction of sp³-hybridized carbons (Fsp3) is 0.0667. The molecule has 0 unspecified atom stereocenters. The summed E-state index contributed by atoms with van der Waals surface area (Å²) in [4.78, 5) is 12.1. The average Bonchev–Trinajstić information content (AvgIpc) is 2.65. The molecule has 2 rings (SSSR count). The predicted molar refractivity (Wildman–Crippen MR) is 65.9 cm³/mol. The van der Waals surface area contributed by atoms with E-state index < -0.39 is 0 Å². The van der Waals surface area contributed by atoms with Gasteiger partial charge in [0, 0.05) is 16.7 Å². The molecule has 2 nitrogen and oxygen atoms in total. The van der Waals surface area contributed by atoms with Crippen LogP contribution in [0.1, 0.15) is 22.8 Å². The molecule has 1 aliphatic rings. The lowest BCUT2D eigenvalue weighted by molar-refractivity contribution is 0.104. The third-order valence-electron chi connectivity index (χ3n) is 2.75. The maximum absolute atomic E-state index is 12.1. The topological polar surface area (TPSA) is 40.9 Å². The molecular weight excluding hydrogens is 210 g/mol. The van der Waals surface area contributed by atoms with E-state index in [9.17, 15) is 4.79 Å². The fourth-order valence-electron chi connectivity index (χ4n) is 2.01. The third kappa shape index (κ3) is 1.48. The smallest absolute Gasteiger partial charge is 0.194 e. The standard InChI is InChI=1S/C15H9NO/c1-3-10(9-16)14-11(4-2)15(17)13-8-6-5-7-12(13)14/h1,4-8H,2H3/b11-4-,14-10+. The van der Waals surface area contributed by atoms with Gasteiger partial charge in [-0.05, 0) is 12.5 Å². The van der Waals surface area contributed by atoms with Crippen molar-refractivity contribution in [3.63, 3.8) is 0 Å². The molecule has 1 aromatic carbocycles. The Morgan fingerprint density at radius 3 is 2.53 bits per heavy atom. The van der Waals surface area contributed by atoms with Crippen LogP contribution >= 0.6 is 0 Å². The number of rotatable bonds is 0. The van der Waals surface area contributed by atoms with Gasteiger partial charge in [0.1, 0.15) is 11.6 Å². The number of allylic oxidation sites excluding steroid dienone is 4. The molecule has 0 aromatic heterocycles. The van der Waals surface area contributed by atoms with E-state index in [1.165, 1.54) is 0 Å². The summed E-state index contributed by atoms with van der Waals surface area (Å²) in [5.41, 5.74) is 2.66. The number of carbonyl (C=O) groups excluding carboxylic acids is 1. The largest absolute Gasteiger partial charge is 0.289 e. The molecule has 17 heavy (non-hydrogen) atoms. The van der Waals surface area contributed by atoms with E-state index in [0.717, 1.165) is 5.56 Å². The lowest BCUT2D eigenvalue weighted by Gasteiger charge is -2.00. The summed E-state index contributed by atoms with van der Waals surface area (Å²) >= 11 is 0. The van der Waals surface area contributed by atoms with Gasteiger partial charge in [-0.1, -0.05) is 36.3 Å². The van der Waals surface area contributed by atoms with Crippen LogP contribution in [-0.2, 0) is 0 Å². The van der Waals surface area contributed by atoms with Crippen LogP contribution in [-0.4, -0.2) is 5.78 Å². The van der Waals surface area contributed by atoms with Gasteiger partial charge in [0.15, 0.2) is 5.78 Å². The molecule has 0 radical (unpaired) electrons. The van der Waals surface area contributed by atoms with Gasteiger partial charge in [-0.2, -0.15) is 5.26 Å². The maximum atomic E-state index is 12.1. The van der Waals surface area contributed by atoms with E-state index in [4.69, 9.17) is 11.7 Å². The molecule has 80 valence electrons. The predicted octanol–water partition coefficient (Wildman–Crippen LogP) is 2.74. The molecule has 0 bridgehead atoms. The Morgan fingerprint density at radius 2 is 2.00 bits per heavy atom. The van der Waals surface area contributed by atoms with Crippen molar-refractivity contribution in [1.82, 2.24) is 0 Å². The number of fused-ring (bicyclic) bond motifs is 1. The summed E-state index contributed by atoms with van der Waals surface area (Å²) in [6.07, 6.45) is 7.01. The van der Waals surface area contributed by atoms with E-state index in [1.807, 2.05) is 18.2 Å². The van der Waals surface area contributed by atoms with Crippen molar-refractivity contribution in [2.24, 2.45) is 0 Å². The highest BCUT2D eigenvalue weighted by molar-refractivity contribution is 6.27. The summed E-state index contributed by atoms with van der Waals surface area (Å²) in [6.45, 7) is 1.77. The lowest BCUT2D eigenvalue weighted by atomic mass is 9.99. The third-order valence-corrected chi connectivity index (χ3v) is 2.75. The molecule has 0 fully saturated rings. The van der Waals surface area contributed by atoms with Crippen LogP contribution in [0.15, 0.2) is 41.5 Å². The van der Waals surface area contributed by atoms with Gasteiger partial charge in [0.05, 0.1) is 0 Å². The monoisotopic (exact) mass is 219 g/mol. The second kappa shape index (κ2) is 4.12. The van der Waals surface area contributed by atoms with Crippen molar-refractivity contribution in [3.8, 4) is 18.4 Å². The van der Waals surface area contributed by atoms with E-state index in [2.05, 4.69) is 5.92 Å². The first-order valence-electron chi connectivity index (χ1n) is 5.16. The fourth-order valence-corrected chi connectivity index (χ4v) is 2.01. The van der Waals surface area contributed by atoms with Crippen LogP contribution in [0, 0.1) is 23.7 Å². The zero-order valence-electron chi connectivity index (χ0n) is 9.32. The highest BCUT2D eigenvalue weighted by Gasteiger charge is 2.30. The summed E-state index contributed by atoms with van der Waals surface area (Å²) in [6, 6.07) is 9.16. The molecule has 0 aliphatic heterocycles. The number of nitriles is 1. The van der Waals surface area contributed by atoms with Crippen molar-refractivity contribution in [2.75, 3.05) is 0 Å². The van der Waals surface area contributed by atoms with Crippen molar-refractivity contribution < 1.29 is 4.79 Å². The van der Waals surface area contributed by atoms with Crippen molar-refractivity contribution in [3.05, 3.63) is 52.6 Å². The Morgan fingerprint density at radius 1 is 1.35 bits per heavy atom. The molecule has 0 saturated heterocycles. The van der Waals surface area contributed by atoms with Gasteiger partial charge in [0.2, 0.25) is 0 Å². The Kier molecular flexibility index (Phi) is 2.65. The Hall–Kier alpha value is -2.58. The van der Waals surface area contributed by atoms with Crippen LogP contribution in [0.3, 0.4) is 0 Å². The average molecular weight is 219 g/mol. The number of carbonyl (C=O) groups is 1. The molecule has 2 heteroatoms. The van der Waals surface area contributed by atoms with Crippen molar-refractivity contribution >= 4 is 11.4 Å². The SMILES string of the molecule is C#C/C(C#N)=C1/C(=C/C)C(=O)c2ccccc21. The highest BCUT2D eigenvalue weighted by atomic mass is 16.1. The van der Waals surface area contributed by atoms with Crippen LogP contribution in [0.4, 0.5) is 0 Å². The molecule has 0 heterocycles. The van der Waals surface area contributed by atoms with Gasteiger partial charge < -0.3 is 0 Å². The van der Waals surface area contributed by atoms with E-state index in [-0.39, 0.29) is 11.4 Å². The molecule has 1 aliphatic carbocycles. The second-order valence-electron chi connectivity index (χ2n) is 3.58. The number of hydrogen-bond donors (Lipinski definition) is 0. The molecule has 0 atom stereocenters. The minimum Gasteiger partial charge on any atom is -0.289 e. The van der Waals surface area contributed by atoms with Gasteiger partial charge in [-0.15, -0.1) is 6.42 Å². The van der Waals surface area contributed by atoms with E-state index >= 15 is 0 Å². The first-order valence-corrected chi connectivity index (χ1v) is 5.16. The maximum Gasteiger partial charge on any atom is 0.194 e. The van der Waals surface area contributed by atoms with Crippen LogP contribution in [0.5, 0.6) is 0 Å². The molecule has 0 spiro atoms. The Bertz CT molecular complexity index is 632. The number of terminal acetylenes is 1. The van der Waals surface area contributed by atoms with Crippen LogP contribution in [0.25, 0.3) is 5.57 Å². The molecule has 1 aromatic rings.